The van der Waals surface area contributed by atoms with Gasteiger partial charge < -0.3 is 9.47 Å². The van der Waals surface area contributed by atoms with Crippen LogP contribution in [0.2, 0.25) is 0 Å². The van der Waals surface area contributed by atoms with E-state index in [1.807, 2.05) is 0 Å². The lowest BCUT2D eigenvalue weighted by Crippen LogP contribution is -2.27. The minimum atomic E-state index is -0.378. The van der Waals surface area contributed by atoms with Crippen molar-refractivity contribution in [2.75, 3.05) is 13.6 Å². The third-order valence-electron chi connectivity index (χ3n) is 5.40. The molecule has 0 saturated carbocycles. The van der Waals surface area contributed by atoms with Crippen LogP contribution in [0, 0.1) is 12.7 Å². The highest BCUT2D eigenvalue weighted by molar-refractivity contribution is 5.86. The molecule has 2 heterocycles. The normalized spacial score (nSPS) is 15.4. The van der Waals surface area contributed by atoms with Gasteiger partial charge in [0.25, 0.3) is 0 Å². The van der Waals surface area contributed by atoms with Crippen molar-refractivity contribution in [3.8, 4) is 0 Å². The molecule has 1 unspecified atom stereocenters. The van der Waals surface area contributed by atoms with E-state index in [2.05, 4.69) is 51.7 Å². The fourth-order valence-electron chi connectivity index (χ4n) is 4.04. The molecule has 1 aromatic heterocycles. The molecule has 0 aliphatic carbocycles. The van der Waals surface area contributed by atoms with E-state index in [0.29, 0.717) is 6.54 Å². The molecule has 1 atom stereocenters. The lowest BCUT2D eigenvalue weighted by Gasteiger charge is -2.25. The Labute approximate surface area is 157 Å². The molecule has 0 bridgehead atoms. The Morgan fingerprint density at radius 3 is 2.74 bits per heavy atom. The van der Waals surface area contributed by atoms with E-state index < -0.39 is 0 Å². The first-order valence-electron chi connectivity index (χ1n) is 9.15. The number of likely N-dealkylation sites (N-methyl/N-ethyl adjacent to an activating group) is 1. The van der Waals surface area contributed by atoms with Gasteiger partial charge >= 0.3 is 0 Å². The van der Waals surface area contributed by atoms with E-state index in [-0.39, 0.29) is 11.9 Å². The molecule has 138 valence electrons. The topological polar surface area (TPSA) is 56.9 Å². The molecule has 6 heteroatoms. The summed E-state index contributed by atoms with van der Waals surface area (Å²) in [6.07, 6.45) is 0.964. The molecule has 1 aliphatic heterocycles. The maximum Gasteiger partial charge on any atom is 0.123 e. The van der Waals surface area contributed by atoms with Crippen molar-refractivity contribution in [1.29, 1.82) is 0 Å². The van der Waals surface area contributed by atoms with Crippen LogP contribution in [0.3, 0.4) is 0 Å². The van der Waals surface area contributed by atoms with Crippen LogP contribution in [0.15, 0.2) is 47.6 Å². The fraction of sp³-hybridized carbons (Fsp3) is 0.333. The number of benzene rings is 2. The third-order valence-corrected chi connectivity index (χ3v) is 5.40. The Bertz CT molecular complexity index is 1030. The van der Waals surface area contributed by atoms with E-state index in [0.717, 1.165) is 25.1 Å². The summed E-state index contributed by atoms with van der Waals surface area (Å²) < 4.78 is 15.6. The van der Waals surface area contributed by atoms with Crippen molar-refractivity contribution >= 4 is 10.9 Å². The highest BCUT2D eigenvalue weighted by Gasteiger charge is 2.24. The Morgan fingerprint density at radius 1 is 1.22 bits per heavy atom. The summed E-state index contributed by atoms with van der Waals surface area (Å²) >= 11 is 0. The second-order valence-electron chi connectivity index (χ2n) is 7.32. The van der Waals surface area contributed by atoms with Crippen LogP contribution in [0.4, 0.5) is 4.39 Å². The van der Waals surface area contributed by atoms with Crippen LogP contribution in [-0.4, -0.2) is 23.1 Å². The van der Waals surface area contributed by atoms with Gasteiger partial charge in [-0.3, -0.25) is 0 Å². The summed E-state index contributed by atoms with van der Waals surface area (Å²) in [4.78, 5) is 5.38. The molecule has 5 nitrogen and oxygen atoms in total. The standard InChI is InChI=1S/C21H22FN5/c1-14-3-8-20-17(11-14)18-12-26(2)10-9-21(18)27(20)13-19(24-25-23)15-4-6-16(22)7-5-15/h3-8,11,19H,9-10,12-13H2,1-2H3. The summed E-state index contributed by atoms with van der Waals surface area (Å²) in [7, 11) is 2.14. The van der Waals surface area contributed by atoms with Crippen LogP contribution < -0.4 is 0 Å². The quantitative estimate of drug-likeness (QED) is 0.360. The molecule has 0 fully saturated rings. The van der Waals surface area contributed by atoms with Gasteiger partial charge in [0.15, 0.2) is 0 Å². The molecule has 3 aromatic rings. The average Bonchev–Trinajstić information content (AvgIpc) is 2.94. The van der Waals surface area contributed by atoms with Gasteiger partial charge in [-0.1, -0.05) is 28.9 Å². The van der Waals surface area contributed by atoms with Crippen LogP contribution in [0.1, 0.15) is 28.4 Å². The van der Waals surface area contributed by atoms with E-state index in [4.69, 9.17) is 5.53 Å². The maximum atomic E-state index is 13.3. The Balaban J connectivity index is 1.82. The molecule has 0 N–H and O–H groups in total. The van der Waals surface area contributed by atoms with Crippen LogP contribution in [0.5, 0.6) is 0 Å². The molecule has 27 heavy (non-hydrogen) atoms. The minimum absolute atomic E-state index is 0.291. The van der Waals surface area contributed by atoms with Crippen molar-refractivity contribution in [3.63, 3.8) is 0 Å². The number of fused-ring (bicyclic) bond motifs is 3. The first-order valence-corrected chi connectivity index (χ1v) is 9.15. The number of rotatable bonds is 4. The Kier molecular flexibility index (Phi) is 4.60. The zero-order valence-corrected chi connectivity index (χ0v) is 15.6. The van der Waals surface area contributed by atoms with E-state index in [9.17, 15) is 4.39 Å². The van der Waals surface area contributed by atoms with Gasteiger partial charge in [-0.2, -0.15) is 0 Å². The van der Waals surface area contributed by atoms with Gasteiger partial charge in [0, 0.05) is 47.6 Å². The molecular weight excluding hydrogens is 341 g/mol. The van der Waals surface area contributed by atoms with Crippen molar-refractivity contribution in [1.82, 2.24) is 9.47 Å². The molecule has 0 saturated heterocycles. The first-order chi connectivity index (χ1) is 13.1. The second-order valence-corrected chi connectivity index (χ2v) is 7.32. The summed E-state index contributed by atoms with van der Waals surface area (Å²) in [6.45, 7) is 4.58. The highest BCUT2D eigenvalue weighted by atomic mass is 19.1. The zero-order chi connectivity index (χ0) is 19.0. The van der Waals surface area contributed by atoms with Gasteiger partial charge in [0.05, 0.1) is 6.04 Å². The van der Waals surface area contributed by atoms with Gasteiger partial charge in [-0.15, -0.1) is 0 Å². The number of aromatic nitrogens is 1. The largest absolute Gasteiger partial charge is 0.343 e. The average molecular weight is 363 g/mol. The number of hydrogen-bond acceptors (Lipinski definition) is 2. The lowest BCUT2D eigenvalue weighted by atomic mass is 10.0. The Morgan fingerprint density at radius 2 is 2.00 bits per heavy atom. The van der Waals surface area contributed by atoms with Crippen LogP contribution in [-0.2, 0) is 19.5 Å². The monoisotopic (exact) mass is 363 g/mol. The van der Waals surface area contributed by atoms with Gasteiger partial charge in [-0.05, 0) is 54.9 Å². The number of nitrogens with zero attached hydrogens (tertiary/aromatic N) is 5. The van der Waals surface area contributed by atoms with Crippen molar-refractivity contribution < 1.29 is 4.39 Å². The molecule has 1 aliphatic rings. The van der Waals surface area contributed by atoms with Crippen molar-refractivity contribution in [3.05, 3.63) is 81.1 Å². The number of azide groups is 1. The highest BCUT2D eigenvalue weighted by Crippen LogP contribution is 2.33. The zero-order valence-electron chi connectivity index (χ0n) is 15.6. The van der Waals surface area contributed by atoms with Crippen LogP contribution in [0.25, 0.3) is 21.3 Å². The molecule has 4 rings (SSSR count). The van der Waals surface area contributed by atoms with Crippen molar-refractivity contribution in [2.24, 2.45) is 5.11 Å². The summed E-state index contributed by atoms with van der Waals surface area (Å²) in [5.41, 5.74) is 15.0. The molecule has 0 amide bonds. The Hall–Kier alpha value is -2.82. The van der Waals surface area contributed by atoms with Gasteiger partial charge in [-0.25, -0.2) is 4.39 Å². The maximum absolute atomic E-state index is 13.3. The molecule has 0 spiro atoms. The predicted octanol–water partition coefficient (Wildman–Crippen LogP) is 5.13. The van der Waals surface area contributed by atoms with E-state index >= 15 is 0 Å². The molecule has 0 radical (unpaired) electrons. The second kappa shape index (κ2) is 7.06. The number of aryl methyl sites for hydroxylation is 1. The summed E-state index contributed by atoms with van der Waals surface area (Å²) in [6, 6.07) is 12.4. The van der Waals surface area contributed by atoms with Crippen molar-refractivity contribution in [2.45, 2.75) is 32.5 Å². The summed E-state index contributed by atoms with van der Waals surface area (Å²) in [5, 5.41) is 5.29. The third kappa shape index (κ3) is 3.29. The van der Waals surface area contributed by atoms with Gasteiger partial charge in [0.1, 0.15) is 5.82 Å². The first kappa shape index (κ1) is 17.6. The SMILES string of the molecule is Cc1ccc2c(c1)c1c(n2CC(N=[N+]=[N-])c2ccc(F)cc2)CCN(C)C1. The fourth-order valence-corrected chi connectivity index (χ4v) is 4.04. The summed E-state index contributed by atoms with van der Waals surface area (Å²) in [5.74, 6) is -0.291. The van der Waals surface area contributed by atoms with E-state index in [1.165, 1.54) is 39.9 Å². The van der Waals surface area contributed by atoms with E-state index in [1.54, 1.807) is 12.1 Å². The smallest absolute Gasteiger partial charge is 0.123 e. The molecular formula is C21H22FN5. The predicted molar refractivity (Wildman–Crippen MR) is 105 cm³/mol. The lowest BCUT2D eigenvalue weighted by molar-refractivity contribution is 0.308. The number of halogens is 1. The molecule has 2 aromatic carbocycles. The van der Waals surface area contributed by atoms with Gasteiger partial charge in [0.2, 0.25) is 0 Å². The van der Waals surface area contributed by atoms with Crippen LogP contribution >= 0.6 is 0 Å². The minimum Gasteiger partial charge on any atom is -0.343 e. The number of hydrogen-bond donors (Lipinski definition) is 0.